The largest absolute Gasteiger partial charge is 0.325 e. The Kier molecular flexibility index (Phi) is 5.73. The Bertz CT molecular complexity index is 629. The standard InChI is InChI=1S/C16H18N2OS2/c1-11(17)16(19)18-12-5-3-7-14(9-12)21-15-8-4-6-13(10-15)20-2/h3-11H,17H2,1-2H3,(H,18,19). The lowest BCUT2D eigenvalue weighted by atomic mass is 10.3. The molecule has 5 heteroatoms. The van der Waals surface area contributed by atoms with Crippen LogP contribution in [0.5, 0.6) is 0 Å². The van der Waals surface area contributed by atoms with E-state index in [-0.39, 0.29) is 5.91 Å². The minimum atomic E-state index is -0.514. The quantitative estimate of drug-likeness (QED) is 0.822. The summed E-state index contributed by atoms with van der Waals surface area (Å²) in [5.74, 6) is -0.179. The van der Waals surface area contributed by atoms with Gasteiger partial charge in [-0.15, -0.1) is 11.8 Å². The molecule has 3 N–H and O–H groups in total. The molecule has 1 unspecified atom stereocenters. The van der Waals surface area contributed by atoms with Gasteiger partial charge in [0.25, 0.3) is 0 Å². The highest BCUT2D eigenvalue weighted by molar-refractivity contribution is 7.99. The number of nitrogens with one attached hydrogen (secondary N) is 1. The van der Waals surface area contributed by atoms with Crippen molar-refractivity contribution in [2.45, 2.75) is 27.7 Å². The van der Waals surface area contributed by atoms with Crippen LogP contribution in [0.4, 0.5) is 5.69 Å². The van der Waals surface area contributed by atoms with Gasteiger partial charge < -0.3 is 11.1 Å². The molecular formula is C16H18N2OS2. The monoisotopic (exact) mass is 318 g/mol. The van der Waals surface area contributed by atoms with Crippen LogP contribution < -0.4 is 11.1 Å². The SMILES string of the molecule is CSc1cccc(Sc2cccc(NC(=O)C(C)N)c2)c1. The van der Waals surface area contributed by atoms with Crippen LogP contribution in [0.1, 0.15) is 6.92 Å². The van der Waals surface area contributed by atoms with Crippen molar-refractivity contribution in [1.82, 2.24) is 0 Å². The van der Waals surface area contributed by atoms with Gasteiger partial charge in [-0.3, -0.25) is 4.79 Å². The number of benzene rings is 2. The van der Waals surface area contributed by atoms with Crippen molar-refractivity contribution in [3.05, 3.63) is 48.5 Å². The number of carbonyl (C=O) groups excluding carboxylic acids is 1. The summed E-state index contributed by atoms with van der Waals surface area (Å²) in [4.78, 5) is 15.1. The Labute approximate surface area is 133 Å². The number of anilines is 1. The zero-order valence-corrected chi connectivity index (χ0v) is 13.6. The van der Waals surface area contributed by atoms with E-state index in [9.17, 15) is 4.79 Å². The van der Waals surface area contributed by atoms with E-state index in [0.717, 1.165) is 10.6 Å². The van der Waals surface area contributed by atoms with Crippen molar-refractivity contribution in [2.24, 2.45) is 5.73 Å². The molecule has 0 saturated carbocycles. The van der Waals surface area contributed by atoms with Gasteiger partial charge >= 0.3 is 0 Å². The lowest BCUT2D eigenvalue weighted by Crippen LogP contribution is -2.32. The van der Waals surface area contributed by atoms with Gasteiger partial charge in [0.1, 0.15) is 0 Å². The molecule has 21 heavy (non-hydrogen) atoms. The highest BCUT2D eigenvalue weighted by Gasteiger charge is 2.08. The first kappa shape index (κ1) is 15.9. The van der Waals surface area contributed by atoms with Gasteiger partial charge in [-0.2, -0.15) is 0 Å². The molecule has 0 aliphatic heterocycles. The van der Waals surface area contributed by atoms with Crippen LogP contribution in [0, 0.1) is 0 Å². The maximum absolute atomic E-state index is 11.6. The molecule has 0 spiro atoms. The second kappa shape index (κ2) is 7.54. The molecule has 0 aliphatic rings. The summed E-state index contributed by atoms with van der Waals surface area (Å²) in [5.41, 5.74) is 6.32. The molecule has 1 atom stereocenters. The van der Waals surface area contributed by atoms with E-state index < -0.39 is 6.04 Å². The molecule has 2 aromatic rings. The summed E-state index contributed by atoms with van der Waals surface area (Å²) < 4.78 is 0. The fraction of sp³-hybridized carbons (Fsp3) is 0.188. The Morgan fingerprint density at radius 2 is 1.71 bits per heavy atom. The van der Waals surface area contributed by atoms with E-state index >= 15 is 0 Å². The van der Waals surface area contributed by atoms with E-state index in [4.69, 9.17) is 5.73 Å². The third-order valence-electron chi connectivity index (χ3n) is 2.79. The summed E-state index contributed by atoms with van der Waals surface area (Å²) in [5, 5.41) is 2.81. The predicted octanol–water partition coefficient (Wildman–Crippen LogP) is 3.85. The summed E-state index contributed by atoms with van der Waals surface area (Å²) in [6.07, 6.45) is 2.06. The van der Waals surface area contributed by atoms with Gasteiger partial charge in [0.2, 0.25) is 5.91 Å². The number of thioether (sulfide) groups is 1. The number of carbonyl (C=O) groups is 1. The Hall–Kier alpha value is -1.43. The first-order chi connectivity index (χ1) is 10.1. The van der Waals surface area contributed by atoms with Crippen LogP contribution in [0.15, 0.2) is 63.2 Å². The number of nitrogens with two attached hydrogens (primary N) is 1. The van der Waals surface area contributed by atoms with Gasteiger partial charge in [-0.25, -0.2) is 0 Å². The minimum Gasteiger partial charge on any atom is -0.325 e. The van der Waals surface area contributed by atoms with Crippen LogP contribution in [0.25, 0.3) is 0 Å². The molecule has 0 bridgehead atoms. The molecular weight excluding hydrogens is 300 g/mol. The maximum atomic E-state index is 11.6. The first-order valence-corrected chi connectivity index (χ1v) is 8.61. The van der Waals surface area contributed by atoms with Crippen molar-refractivity contribution in [1.29, 1.82) is 0 Å². The molecule has 0 heterocycles. The van der Waals surface area contributed by atoms with E-state index in [0.29, 0.717) is 0 Å². The van der Waals surface area contributed by atoms with E-state index in [2.05, 4.69) is 35.8 Å². The van der Waals surface area contributed by atoms with Crippen LogP contribution in [0.3, 0.4) is 0 Å². The molecule has 3 nitrogen and oxygen atoms in total. The van der Waals surface area contributed by atoms with Crippen molar-refractivity contribution in [3.8, 4) is 0 Å². The maximum Gasteiger partial charge on any atom is 0.240 e. The zero-order chi connectivity index (χ0) is 15.2. The normalized spacial score (nSPS) is 12.0. The lowest BCUT2D eigenvalue weighted by Gasteiger charge is -2.09. The van der Waals surface area contributed by atoms with Gasteiger partial charge in [-0.1, -0.05) is 23.9 Å². The molecule has 0 radical (unpaired) electrons. The van der Waals surface area contributed by atoms with Crippen LogP contribution in [-0.2, 0) is 4.79 Å². The summed E-state index contributed by atoms with van der Waals surface area (Å²) >= 11 is 3.39. The smallest absolute Gasteiger partial charge is 0.240 e. The first-order valence-electron chi connectivity index (χ1n) is 6.57. The summed E-state index contributed by atoms with van der Waals surface area (Å²) in [6.45, 7) is 1.67. The molecule has 2 aromatic carbocycles. The molecule has 2 rings (SSSR count). The number of amides is 1. The Balaban J connectivity index is 2.12. The highest BCUT2D eigenvalue weighted by Crippen LogP contribution is 2.31. The third-order valence-corrected chi connectivity index (χ3v) is 4.50. The number of hydrogen-bond donors (Lipinski definition) is 2. The Morgan fingerprint density at radius 1 is 1.10 bits per heavy atom. The van der Waals surface area contributed by atoms with Crippen LogP contribution in [0.2, 0.25) is 0 Å². The fourth-order valence-electron chi connectivity index (χ4n) is 1.69. The average molecular weight is 318 g/mol. The van der Waals surface area contributed by atoms with Gasteiger partial charge in [0, 0.05) is 20.4 Å². The number of hydrogen-bond acceptors (Lipinski definition) is 4. The van der Waals surface area contributed by atoms with Gasteiger partial charge in [0.15, 0.2) is 0 Å². The molecule has 0 saturated heterocycles. The zero-order valence-electron chi connectivity index (χ0n) is 12.0. The second-order valence-electron chi connectivity index (χ2n) is 4.59. The van der Waals surface area contributed by atoms with Crippen molar-refractivity contribution in [3.63, 3.8) is 0 Å². The van der Waals surface area contributed by atoms with Gasteiger partial charge in [0.05, 0.1) is 6.04 Å². The van der Waals surface area contributed by atoms with Crippen molar-refractivity contribution < 1.29 is 4.79 Å². The molecule has 0 aliphatic carbocycles. The summed E-state index contributed by atoms with van der Waals surface area (Å²) in [6, 6.07) is 15.6. The van der Waals surface area contributed by atoms with E-state index in [1.807, 2.05) is 24.3 Å². The van der Waals surface area contributed by atoms with Crippen LogP contribution in [-0.4, -0.2) is 18.2 Å². The topological polar surface area (TPSA) is 55.1 Å². The lowest BCUT2D eigenvalue weighted by molar-refractivity contribution is -0.117. The van der Waals surface area contributed by atoms with Crippen LogP contribution >= 0.6 is 23.5 Å². The Morgan fingerprint density at radius 3 is 2.38 bits per heavy atom. The van der Waals surface area contributed by atoms with Crippen molar-refractivity contribution >= 4 is 35.1 Å². The highest BCUT2D eigenvalue weighted by atomic mass is 32.2. The molecule has 0 fully saturated rings. The third kappa shape index (κ3) is 4.81. The number of rotatable bonds is 5. The molecule has 0 aromatic heterocycles. The predicted molar refractivity (Wildman–Crippen MR) is 91.1 cm³/mol. The van der Waals surface area contributed by atoms with Crippen molar-refractivity contribution in [2.75, 3.05) is 11.6 Å². The van der Waals surface area contributed by atoms with Gasteiger partial charge in [-0.05, 0) is 49.6 Å². The summed E-state index contributed by atoms with van der Waals surface area (Å²) in [7, 11) is 0. The fourth-order valence-corrected chi connectivity index (χ4v) is 3.17. The second-order valence-corrected chi connectivity index (χ2v) is 6.61. The average Bonchev–Trinajstić information content (AvgIpc) is 2.47. The molecule has 110 valence electrons. The molecule has 1 amide bonds. The van der Waals surface area contributed by atoms with E-state index in [1.54, 1.807) is 30.4 Å². The van der Waals surface area contributed by atoms with E-state index in [1.165, 1.54) is 9.79 Å². The minimum absolute atomic E-state index is 0.179.